The van der Waals surface area contributed by atoms with Crippen molar-refractivity contribution in [3.63, 3.8) is 0 Å². The molecule has 3 rings (SSSR count). The van der Waals surface area contributed by atoms with Gasteiger partial charge in [0.15, 0.2) is 5.49 Å². The van der Waals surface area contributed by atoms with Crippen molar-refractivity contribution in [2.75, 3.05) is 13.2 Å². The molecule has 2 aliphatic rings. The first-order valence-electron chi connectivity index (χ1n) is 4.16. The first-order valence-corrected chi connectivity index (χ1v) is 4.16. The Morgan fingerprint density at radius 3 is 3.38 bits per heavy atom. The third kappa shape index (κ3) is 0.950. The highest BCUT2D eigenvalue weighted by Gasteiger charge is 2.09. The van der Waals surface area contributed by atoms with Crippen molar-refractivity contribution in [3.8, 4) is 5.88 Å². The minimum atomic E-state index is 0.609. The Hall–Kier alpha value is -1.71. The van der Waals surface area contributed by atoms with Gasteiger partial charge in [-0.2, -0.15) is 4.98 Å². The number of aromatic nitrogens is 1. The molecule has 0 radical (unpaired) electrons. The maximum absolute atomic E-state index is 5.36. The van der Waals surface area contributed by atoms with Crippen molar-refractivity contribution in [1.82, 2.24) is 4.98 Å². The molecule has 13 heavy (non-hydrogen) atoms. The van der Waals surface area contributed by atoms with Gasteiger partial charge in [-0.05, 0) is 12.1 Å². The summed E-state index contributed by atoms with van der Waals surface area (Å²) in [6, 6.07) is 1.96. The maximum atomic E-state index is 5.36. The van der Waals surface area contributed by atoms with E-state index in [4.69, 9.17) is 4.74 Å². The molecule has 0 saturated heterocycles. The van der Waals surface area contributed by atoms with E-state index in [0.29, 0.717) is 19.0 Å². The SMILES string of the molecule is C1=Cc2cc3c(nc2=N1)OCCN=3. The molecule has 1 aromatic rings. The topological polar surface area (TPSA) is 46.8 Å². The fourth-order valence-corrected chi connectivity index (χ4v) is 1.43. The number of pyridine rings is 1. The highest BCUT2D eigenvalue weighted by Crippen LogP contribution is 2.04. The summed E-state index contributed by atoms with van der Waals surface area (Å²) in [7, 11) is 0. The standard InChI is InChI=1S/C9H7N3O/c1-2-11-8-6(1)5-7-9(12-8)13-4-3-10-7/h1-2,5H,3-4H2. The van der Waals surface area contributed by atoms with Crippen LogP contribution in [0.5, 0.6) is 5.88 Å². The van der Waals surface area contributed by atoms with Gasteiger partial charge in [-0.25, -0.2) is 4.99 Å². The van der Waals surface area contributed by atoms with E-state index in [1.165, 1.54) is 0 Å². The number of hydrogen-bond acceptors (Lipinski definition) is 4. The molecule has 0 spiro atoms. The summed E-state index contributed by atoms with van der Waals surface area (Å²) in [5, 5.41) is 0.840. The second kappa shape index (κ2) is 2.39. The predicted octanol–water partition coefficient (Wildman–Crippen LogP) is -0.302. The van der Waals surface area contributed by atoms with E-state index in [2.05, 4.69) is 15.0 Å². The van der Waals surface area contributed by atoms with Gasteiger partial charge < -0.3 is 4.74 Å². The summed E-state index contributed by atoms with van der Waals surface area (Å²) >= 11 is 0. The van der Waals surface area contributed by atoms with Gasteiger partial charge in [0.25, 0.3) is 0 Å². The Bertz CT molecular complexity index is 504. The summed E-state index contributed by atoms with van der Waals surface area (Å²) in [4.78, 5) is 12.7. The molecule has 4 nitrogen and oxygen atoms in total. The Balaban J connectivity index is 2.37. The smallest absolute Gasteiger partial charge is 0.241 e. The van der Waals surface area contributed by atoms with E-state index in [0.717, 1.165) is 16.4 Å². The first kappa shape index (κ1) is 6.77. The zero-order chi connectivity index (χ0) is 8.67. The Labute approximate surface area is 74.3 Å². The minimum Gasteiger partial charge on any atom is -0.474 e. The summed E-state index contributed by atoms with van der Waals surface area (Å²) in [5.41, 5.74) is 1.75. The van der Waals surface area contributed by atoms with E-state index in [1.807, 2.05) is 12.1 Å². The number of nitrogens with zero attached hydrogens (tertiary/aromatic N) is 3. The third-order valence-corrected chi connectivity index (χ3v) is 2.04. The molecule has 0 aliphatic carbocycles. The van der Waals surface area contributed by atoms with E-state index in [-0.39, 0.29) is 0 Å². The predicted molar refractivity (Wildman–Crippen MR) is 45.9 cm³/mol. The van der Waals surface area contributed by atoms with Gasteiger partial charge in [0.1, 0.15) is 12.0 Å². The van der Waals surface area contributed by atoms with Crippen molar-refractivity contribution in [2.24, 2.45) is 9.98 Å². The normalized spacial score (nSPS) is 16.6. The average molecular weight is 173 g/mol. The van der Waals surface area contributed by atoms with Crippen LogP contribution in [-0.2, 0) is 0 Å². The fraction of sp³-hybridized carbons (Fsp3) is 0.222. The fourth-order valence-electron chi connectivity index (χ4n) is 1.43. The van der Waals surface area contributed by atoms with Crippen LogP contribution in [0, 0.1) is 0 Å². The van der Waals surface area contributed by atoms with Crippen LogP contribution in [0.2, 0.25) is 0 Å². The van der Waals surface area contributed by atoms with Crippen molar-refractivity contribution in [3.05, 3.63) is 28.7 Å². The van der Waals surface area contributed by atoms with Gasteiger partial charge in [-0.3, -0.25) is 4.99 Å². The highest BCUT2D eigenvalue weighted by molar-refractivity contribution is 5.50. The molecule has 0 fully saturated rings. The second-order valence-corrected chi connectivity index (χ2v) is 2.90. The van der Waals surface area contributed by atoms with Crippen LogP contribution < -0.4 is 15.6 Å². The number of hydrogen-bond donors (Lipinski definition) is 0. The first-order chi connectivity index (χ1) is 6.43. The zero-order valence-corrected chi connectivity index (χ0v) is 6.90. The van der Waals surface area contributed by atoms with E-state index in [9.17, 15) is 0 Å². The van der Waals surface area contributed by atoms with Crippen LogP contribution in [0.15, 0.2) is 22.3 Å². The van der Waals surface area contributed by atoms with Gasteiger partial charge in [-0.1, -0.05) is 0 Å². The summed E-state index contributed by atoms with van der Waals surface area (Å²) in [6.45, 7) is 1.33. The Morgan fingerprint density at radius 1 is 1.38 bits per heavy atom. The molecule has 64 valence electrons. The van der Waals surface area contributed by atoms with Crippen LogP contribution in [0.1, 0.15) is 5.56 Å². The molecule has 3 heterocycles. The number of ether oxygens (including phenoxy) is 1. The van der Waals surface area contributed by atoms with Crippen LogP contribution in [0.3, 0.4) is 0 Å². The largest absolute Gasteiger partial charge is 0.474 e. The monoisotopic (exact) mass is 173 g/mol. The molecule has 0 bridgehead atoms. The van der Waals surface area contributed by atoms with Gasteiger partial charge in [0.2, 0.25) is 5.88 Å². The van der Waals surface area contributed by atoms with Crippen molar-refractivity contribution in [1.29, 1.82) is 0 Å². The number of rotatable bonds is 0. The van der Waals surface area contributed by atoms with Crippen LogP contribution in [-0.4, -0.2) is 18.1 Å². The molecule has 1 aromatic heterocycles. The quantitative estimate of drug-likeness (QED) is 0.540. The number of fused-ring (bicyclic) bond motifs is 2. The van der Waals surface area contributed by atoms with Crippen LogP contribution in [0.4, 0.5) is 0 Å². The van der Waals surface area contributed by atoms with Gasteiger partial charge in [-0.15, -0.1) is 0 Å². The maximum Gasteiger partial charge on any atom is 0.241 e. The van der Waals surface area contributed by atoms with Gasteiger partial charge >= 0.3 is 0 Å². The van der Waals surface area contributed by atoms with Gasteiger partial charge in [0.05, 0.1) is 6.54 Å². The third-order valence-electron chi connectivity index (χ3n) is 2.04. The molecule has 0 unspecified atom stereocenters. The summed E-state index contributed by atoms with van der Waals surface area (Å²) in [6.07, 6.45) is 3.66. The zero-order valence-electron chi connectivity index (χ0n) is 6.90. The lowest BCUT2D eigenvalue weighted by molar-refractivity contribution is 0.295. The lowest BCUT2D eigenvalue weighted by Gasteiger charge is -2.08. The molecular formula is C9H7N3O. The van der Waals surface area contributed by atoms with Crippen molar-refractivity contribution < 1.29 is 4.74 Å². The average Bonchev–Trinajstić information content (AvgIpc) is 2.61. The van der Waals surface area contributed by atoms with Crippen molar-refractivity contribution >= 4 is 6.08 Å². The lowest BCUT2D eigenvalue weighted by Crippen LogP contribution is -2.25. The molecular weight excluding hydrogens is 166 g/mol. The van der Waals surface area contributed by atoms with Gasteiger partial charge in [0, 0.05) is 11.8 Å². The highest BCUT2D eigenvalue weighted by atomic mass is 16.5. The Morgan fingerprint density at radius 2 is 2.38 bits per heavy atom. The van der Waals surface area contributed by atoms with E-state index in [1.54, 1.807) is 6.20 Å². The molecule has 2 aliphatic heterocycles. The Kier molecular flexibility index (Phi) is 1.24. The molecule has 4 heteroatoms. The van der Waals surface area contributed by atoms with E-state index >= 15 is 0 Å². The van der Waals surface area contributed by atoms with E-state index < -0.39 is 0 Å². The second-order valence-electron chi connectivity index (χ2n) is 2.90. The molecule has 0 amide bonds. The lowest BCUT2D eigenvalue weighted by atomic mass is 10.3. The molecule has 0 atom stereocenters. The summed E-state index contributed by atoms with van der Waals surface area (Å²) in [5.74, 6) is 0.609. The molecule has 0 N–H and O–H groups in total. The van der Waals surface area contributed by atoms with Crippen LogP contribution >= 0.6 is 0 Å². The minimum absolute atomic E-state index is 0.609. The van der Waals surface area contributed by atoms with Crippen molar-refractivity contribution in [2.45, 2.75) is 0 Å². The molecule has 0 aromatic carbocycles. The molecule has 0 saturated carbocycles. The summed E-state index contributed by atoms with van der Waals surface area (Å²) < 4.78 is 5.36. The van der Waals surface area contributed by atoms with Crippen LogP contribution in [0.25, 0.3) is 6.08 Å².